The van der Waals surface area contributed by atoms with Crippen LogP contribution in [0.5, 0.6) is 0 Å². The minimum atomic E-state index is -0.422. The van der Waals surface area contributed by atoms with Gasteiger partial charge in [-0.2, -0.15) is 9.49 Å². The minimum Gasteiger partial charge on any atom is -0.234 e. The van der Waals surface area contributed by atoms with Gasteiger partial charge in [-0.05, 0) is 68.0 Å². The maximum Gasteiger partial charge on any atom is 0.252 e. The third-order valence-electron chi connectivity index (χ3n) is 8.90. The van der Waals surface area contributed by atoms with Crippen LogP contribution in [0, 0.1) is 12.9 Å². The summed E-state index contributed by atoms with van der Waals surface area (Å²) >= 11 is 0. The Bertz CT molecular complexity index is 2100. The summed E-state index contributed by atoms with van der Waals surface area (Å²) in [4.78, 5) is 0. The third-order valence-corrected chi connectivity index (χ3v) is 8.90. The fourth-order valence-electron chi connectivity index (χ4n) is 7.16. The Labute approximate surface area is 238 Å². The molecule has 0 bridgehead atoms. The van der Waals surface area contributed by atoms with Gasteiger partial charge in [-0.1, -0.05) is 95.3 Å². The summed E-state index contributed by atoms with van der Waals surface area (Å²) < 4.78 is 19.8. The highest BCUT2D eigenvalue weighted by Crippen LogP contribution is 2.38. The molecule has 0 saturated carbocycles. The molecule has 9 rings (SSSR count). The number of aromatic nitrogens is 4. The summed E-state index contributed by atoms with van der Waals surface area (Å²) in [7, 11) is 0. The van der Waals surface area contributed by atoms with Crippen LogP contribution in [0.3, 0.4) is 0 Å². The first-order valence-electron chi connectivity index (χ1n) is 14.5. The Morgan fingerprint density at radius 3 is 1.80 bits per heavy atom. The van der Waals surface area contributed by atoms with Gasteiger partial charge >= 0.3 is 0 Å². The molecule has 0 fully saturated rings. The second-order valence-electron chi connectivity index (χ2n) is 12.1. The van der Waals surface area contributed by atoms with Crippen LogP contribution in [-0.2, 0) is 5.41 Å². The van der Waals surface area contributed by atoms with Crippen molar-refractivity contribution in [3.63, 3.8) is 0 Å². The largest absolute Gasteiger partial charge is 0.252 e. The fourth-order valence-corrected chi connectivity index (χ4v) is 7.16. The summed E-state index contributed by atoms with van der Waals surface area (Å²) in [5.41, 5.74) is 9.55. The smallest absolute Gasteiger partial charge is 0.234 e. The average molecular weight is 536 g/mol. The number of hydrogen-bond acceptors (Lipinski definition) is 2. The molecule has 2 aromatic heterocycles. The first kappa shape index (κ1) is 24.4. The van der Waals surface area contributed by atoms with Crippen LogP contribution in [0.25, 0.3) is 54.7 Å². The van der Waals surface area contributed by atoms with Gasteiger partial charge in [-0.3, -0.25) is 0 Å². The average Bonchev–Trinajstić information content (AvgIpc) is 3.51. The maximum atomic E-state index is 15.9. The van der Waals surface area contributed by atoms with E-state index < -0.39 is 5.95 Å². The van der Waals surface area contributed by atoms with Crippen molar-refractivity contribution in [1.29, 1.82) is 0 Å². The normalized spacial score (nSPS) is 13.2. The Morgan fingerprint density at radius 2 is 1.22 bits per heavy atom. The van der Waals surface area contributed by atoms with Crippen molar-refractivity contribution >= 4 is 66.5 Å². The molecule has 2 aliphatic rings. The summed E-state index contributed by atoms with van der Waals surface area (Å²) in [6.45, 7) is 12.7. The molecule has 4 heterocycles. The van der Waals surface area contributed by atoms with Crippen molar-refractivity contribution in [2.45, 2.75) is 47.0 Å². The van der Waals surface area contributed by atoms with Crippen LogP contribution in [0.2, 0.25) is 0 Å². The van der Waals surface area contributed by atoms with Crippen LogP contribution in [0.15, 0.2) is 72.8 Å². The van der Waals surface area contributed by atoms with E-state index in [1.54, 1.807) is 0 Å². The minimum absolute atomic E-state index is 0.0598. The molecule has 200 valence electrons. The van der Waals surface area contributed by atoms with Gasteiger partial charge in [0.1, 0.15) is 0 Å². The van der Waals surface area contributed by atoms with E-state index in [-0.39, 0.29) is 12.1 Å². The quantitative estimate of drug-likeness (QED) is 0.205. The number of halogens is 1. The SMILES string of the molecule is CC.Cc1nn2c3c(cc4ccccc4c13)B1c3c-2cc(C(C)(C)C)cc3-n2nc(F)c3c4ccccc4cc1c32. The van der Waals surface area contributed by atoms with Gasteiger partial charge in [0.2, 0.25) is 5.95 Å². The Kier molecular flexibility index (Phi) is 4.79. The molecule has 0 saturated heterocycles. The first-order valence-corrected chi connectivity index (χ1v) is 14.5. The molecule has 0 spiro atoms. The Balaban J connectivity index is 0.00000125. The Morgan fingerprint density at radius 1 is 0.707 bits per heavy atom. The summed E-state index contributed by atoms with van der Waals surface area (Å²) in [5, 5.41) is 15.8. The molecule has 7 aromatic rings. The molecule has 0 amide bonds. The van der Waals surface area contributed by atoms with Crippen molar-refractivity contribution in [3.05, 3.63) is 90.0 Å². The predicted octanol–water partition coefficient (Wildman–Crippen LogP) is 6.59. The van der Waals surface area contributed by atoms with Gasteiger partial charge in [0.05, 0.1) is 33.5 Å². The topological polar surface area (TPSA) is 35.6 Å². The maximum absolute atomic E-state index is 15.9. The van der Waals surface area contributed by atoms with E-state index in [1.807, 2.05) is 36.7 Å². The van der Waals surface area contributed by atoms with Crippen LogP contribution >= 0.6 is 0 Å². The lowest BCUT2D eigenvalue weighted by Crippen LogP contribution is -2.59. The lowest BCUT2D eigenvalue weighted by Gasteiger charge is -2.34. The van der Waals surface area contributed by atoms with Gasteiger partial charge in [0.15, 0.2) is 0 Å². The van der Waals surface area contributed by atoms with Crippen molar-refractivity contribution in [2.75, 3.05) is 0 Å². The van der Waals surface area contributed by atoms with E-state index in [9.17, 15) is 0 Å². The molecule has 2 aliphatic heterocycles. The predicted molar refractivity (Wildman–Crippen MR) is 170 cm³/mol. The number of hydrogen-bond donors (Lipinski definition) is 0. The fraction of sp³-hybridized carbons (Fsp3) is 0.200. The molecular weight excluding hydrogens is 506 g/mol. The number of fused-ring (bicyclic) bond motifs is 8. The number of benzene rings is 5. The molecule has 6 heteroatoms. The van der Waals surface area contributed by atoms with E-state index in [4.69, 9.17) is 5.10 Å². The molecule has 5 aromatic carbocycles. The van der Waals surface area contributed by atoms with Gasteiger partial charge < -0.3 is 0 Å². The van der Waals surface area contributed by atoms with Crippen molar-refractivity contribution in [1.82, 2.24) is 19.6 Å². The zero-order valence-corrected chi connectivity index (χ0v) is 24.2. The standard InChI is InChI=1S/C33H24BFN4.C2H6/c1-17-27-21-11-7-5-9-18(21)13-23-30(27)38(36-17)25-15-20(33(2,3)4)16-26-29(25)34(23)24-14-19-10-6-8-12-22(19)28-31(24)39(26)37-32(28)35;1-2/h5-16H,1-4H3;1-2H3. The molecule has 0 radical (unpaired) electrons. The molecule has 0 N–H and O–H groups in total. The summed E-state index contributed by atoms with van der Waals surface area (Å²) in [5.74, 6) is -0.422. The van der Waals surface area contributed by atoms with Crippen LogP contribution < -0.4 is 16.4 Å². The van der Waals surface area contributed by atoms with Crippen LogP contribution in [0.4, 0.5) is 4.39 Å². The Hall–Kier alpha value is -4.45. The van der Waals surface area contributed by atoms with Gasteiger partial charge in [-0.25, -0.2) is 9.36 Å². The number of aryl methyl sites for hydroxylation is 1. The number of rotatable bonds is 0. The highest BCUT2D eigenvalue weighted by Gasteiger charge is 2.42. The van der Waals surface area contributed by atoms with Crippen LogP contribution in [0.1, 0.15) is 45.9 Å². The van der Waals surface area contributed by atoms with Gasteiger partial charge in [-0.15, -0.1) is 5.10 Å². The lowest BCUT2D eigenvalue weighted by molar-refractivity contribution is 0.573. The molecular formula is C35H30BFN4. The first-order chi connectivity index (χ1) is 19.8. The molecule has 41 heavy (non-hydrogen) atoms. The molecule has 0 unspecified atom stereocenters. The lowest BCUT2D eigenvalue weighted by atomic mass is 9.34. The molecule has 0 aliphatic carbocycles. The van der Waals surface area contributed by atoms with E-state index in [2.05, 4.69) is 92.1 Å². The van der Waals surface area contributed by atoms with Gasteiger partial charge in [0.25, 0.3) is 6.71 Å². The highest BCUT2D eigenvalue weighted by molar-refractivity contribution is 7.00. The second-order valence-corrected chi connectivity index (χ2v) is 12.1. The van der Waals surface area contributed by atoms with E-state index in [0.717, 1.165) is 49.8 Å². The second kappa shape index (κ2) is 8.06. The molecule has 0 atom stereocenters. The summed E-state index contributed by atoms with van der Waals surface area (Å²) in [6.07, 6.45) is 0. The van der Waals surface area contributed by atoms with E-state index in [0.29, 0.717) is 5.39 Å². The van der Waals surface area contributed by atoms with Gasteiger partial charge in [0, 0.05) is 5.39 Å². The highest BCUT2D eigenvalue weighted by atomic mass is 19.1. The van der Waals surface area contributed by atoms with Crippen LogP contribution in [-0.4, -0.2) is 26.3 Å². The monoisotopic (exact) mass is 536 g/mol. The zero-order chi connectivity index (χ0) is 28.4. The third kappa shape index (κ3) is 3.00. The summed E-state index contributed by atoms with van der Waals surface area (Å²) in [6, 6.07) is 25.7. The number of nitrogens with zero attached hydrogens (tertiary/aromatic N) is 4. The van der Waals surface area contributed by atoms with E-state index >= 15 is 4.39 Å². The van der Waals surface area contributed by atoms with Crippen molar-refractivity contribution in [2.24, 2.45) is 0 Å². The van der Waals surface area contributed by atoms with E-state index in [1.165, 1.54) is 27.2 Å². The zero-order valence-electron chi connectivity index (χ0n) is 24.2. The molecule has 4 nitrogen and oxygen atoms in total. The van der Waals surface area contributed by atoms with Crippen molar-refractivity contribution in [3.8, 4) is 11.4 Å². The van der Waals surface area contributed by atoms with Crippen molar-refractivity contribution < 1.29 is 4.39 Å².